The van der Waals surface area contributed by atoms with Crippen LogP contribution in [-0.2, 0) is 79.1 Å². The SMILES string of the molecule is CC1(C)c2ccccc2-c2c1c1c(c3ccccc23)OC(c2ccc(OCCOC(=O)CCC(=O)OCCOCCOCCOC(=O)CCC(=O)OCCOc3ccc(C4(c5ccc(N6CCOCC6)cc5)C=Cc5c6c(c7ccccc7c5O4)-c4ccccc4C6(C)C)cc3)cc2)(c2ccc(N3CCOCC3)cc2)C=C1. The van der Waals surface area contributed by atoms with Crippen LogP contribution in [-0.4, -0.2) is 143 Å². The summed E-state index contributed by atoms with van der Waals surface area (Å²) in [4.78, 5) is 54.9. The summed E-state index contributed by atoms with van der Waals surface area (Å²) in [7, 11) is 0. The van der Waals surface area contributed by atoms with Gasteiger partial charge < -0.3 is 66.6 Å². The van der Waals surface area contributed by atoms with Gasteiger partial charge in [0.25, 0.3) is 0 Å². The summed E-state index contributed by atoms with van der Waals surface area (Å²) in [6.07, 6.45) is 8.27. The molecule has 10 aromatic rings. The molecule has 0 N–H and O–H groups in total. The first-order chi connectivity index (χ1) is 54.7. The van der Waals surface area contributed by atoms with E-state index in [1.807, 2.05) is 48.5 Å². The number of rotatable bonds is 29. The lowest BCUT2D eigenvalue weighted by Crippen LogP contribution is -2.37. The quantitative estimate of drug-likeness (QED) is 0.0245. The lowest BCUT2D eigenvalue weighted by atomic mass is 9.77. The zero-order valence-electron chi connectivity index (χ0n) is 63.8. The Kier molecular flexibility index (Phi) is 21.8. The Morgan fingerprint density at radius 3 is 1.04 bits per heavy atom. The number of ether oxygens (including phenoxy) is 12. The van der Waals surface area contributed by atoms with Gasteiger partial charge >= 0.3 is 23.9 Å². The fraction of sp³-hybridized carbons (Fsp3) is 0.319. The molecule has 0 spiro atoms. The molecule has 2 saturated heterocycles. The first-order valence-corrected chi connectivity index (χ1v) is 38.9. The van der Waals surface area contributed by atoms with Crippen molar-refractivity contribution in [2.24, 2.45) is 0 Å². The van der Waals surface area contributed by atoms with Gasteiger partial charge in [0.1, 0.15) is 62.6 Å². The van der Waals surface area contributed by atoms with Gasteiger partial charge in [0.05, 0.1) is 78.5 Å². The molecule has 16 rings (SSSR count). The molecular weight excluding hydrogens is 1410 g/mol. The van der Waals surface area contributed by atoms with E-state index in [0.29, 0.717) is 37.9 Å². The van der Waals surface area contributed by atoms with Crippen molar-refractivity contribution < 1.29 is 76.0 Å². The van der Waals surface area contributed by atoms with Gasteiger partial charge in [0.15, 0.2) is 11.2 Å². The Morgan fingerprint density at radius 2 is 0.670 bits per heavy atom. The molecule has 18 heteroatoms. The van der Waals surface area contributed by atoms with E-state index in [0.717, 1.165) is 104 Å². The lowest BCUT2D eigenvalue weighted by molar-refractivity contribution is -0.152. The Hall–Kier alpha value is -11.3. The molecule has 18 nitrogen and oxygen atoms in total. The molecule has 2 unspecified atom stereocenters. The highest BCUT2D eigenvalue weighted by molar-refractivity contribution is 6.10. The Balaban J connectivity index is 0.430. The van der Waals surface area contributed by atoms with E-state index in [9.17, 15) is 19.2 Å². The summed E-state index contributed by atoms with van der Waals surface area (Å²) in [5.41, 5.74) is 15.9. The minimum atomic E-state index is -0.994. The predicted octanol–water partition coefficient (Wildman–Crippen LogP) is 16.2. The van der Waals surface area contributed by atoms with Crippen LogP contribution in [0.15, 0.2) is 206 Å². The number of nitrogens with zero attached hydrogens (tertiary/aromatic N) is 2. The second kappa shape index (κ2) is 32.6. The summed E-state index contributed by atoms with van der Waals surface area (Å²) in [6.45, 7) is 16.1. The number of esters is 4. The molecule has 0 radical (unpaired) electrons. The molecule has 0 saturated carbocycles. The average Bonchev–Trinajstić information content (AvgIpc) is 1.52. The first-order valence-electron chi connectivity index (χ1n) is 38.9. The van der Waals surface area contributed by atoms with Crippen LogP contribution in [0.3, 0.4) is 0 Å². The lowest BCUT2D eigenvalue weighted by Gasteiger charge is -2.39. The molecule has 10 aromatic carbocycles. The molecule has 0 amide bonds. The molecular formula is C94H92N2O16. The van der Waals surface area contributed by atoms with Gasteiger partial charge in [-0.05, 0) is 116 Å². The summed E-state index contributed by atoms with van der Waals surface area (Å²) in [6, 6.07) is 67.6. The van der Waals surface area contributed by atoms with Gasteiger partial charge in [-0.25, -0.2) is 0 Å². The molecule has 0 bridgehead atoms. The Morgan fingerprint density at radius 1 is 0.357 bits per heavy atom. The number of benzene rings is 10. The topological polar surface area (TPSA) is 186 Å². The van der Waals surface area contributed by atoms with Crippen molar-refractivity contribution in [3.05, 3.63) is 262 Å². The third-order valence-corrected chi connectivity index (χ3v) is 22.5. The fourth-order valence-corrected chi connectivity index (χ4v) is 16.9. The maximum absolute atomic E-state index is 12.7. The van der Waals surface area contributed by atoms with Crippen molar-refractivity contribution in [1.82, 2.24) is 0 Å². The highest BCUT2D eigenvalue weighted by atomic mass is 16.6. The van der Waals surface area contributed by atoms with Crippen LogP contribution in [0, 0.1) is 0 Å². The van der Waals surface area contributed by atoms with Gasteiger partial charge in [-0.2, -0.15) is 0 Å². The summed E-state index contributed by atoms with van der Waals surface area (Å²) in [5, 5.41) is 4.41. The van der Waals surface area contributed by atoms with Crippen LogP contribution in [0.1, 0.15) is 109 Å². The summed E-state index contributed by atoms with van der Waals surface area (Å²) >= 11 is 0. The number of carbonyl (C=O) groups excluding carboxylic acids is 4. The van der Waals surface area contributed by atoms with Gasteiger partial charge in [-0.1, -0.05) is 185 Å². The Labute approximate surface area is 652 Å². The molecule has 4 heterocycles. The molecule has 6 aliphatic rings. The molecule has 2 fully saturated rings. The Bertz CT molecular complexity index is 4870. The molecule has 574 valence electrons. The third kappa shape index (κ3) is 14.9. The van der Waals surface area contributed by atoms with Crippen molar-refractivity contribution in [2.45, 2.75) is 75.4 Å². The van der Waals surface area contributed by atoms with Crippen molar-refractivity contribution in [1.29, 1.82) is 0 Å². The van der Waals surface area contributed by atoms with E-state index in [1.54, 1.807) is 0 Å². The van der Waals surface area contributed by atoms with E-state index < -0.39 is 35.1 Å². The summed E-state index contributed by atoms with van der Waals surface area (Å²) < 4.78 is 70.9. The number of morpholine rings is 2. The van der Waals surface area contributed by atoms with Gasteiger partial charge in [-0.3, -0.25) is 19.2 Å². The highest BCUT2D eigenvalue weighted by Crippen LogP contribution is 2.60. The maximum atomic E-state index is 12.7. The number of carbonyl (C=O) groups is 4. The van der Waals surface area contributed by atoms with Crippen LogP contribution < -0.4 is 28.7 Å². The van der Waals surface area contributed by atoms with Crippen LogP contribution in [0.5, 0.6) is 23.0 Å². The highest BCUT2D eigenvalue weighted by Gasteiger charge is 2.47. The molecule has 0 aromatic heterocycles. The van der Waals surface area contributed by atoms with E-state index in [2.05, 4.69) is 207 Å². The van der Waals surface area contributed by atoms with Crippen LogP contribution in [0.2, 0.25) is 0 Å². The zero-order valence-corrected chi connectivity index (χ0v) is 63.8. The second-order valence-corrected chi connectivity index (χ2v) is 29.9. The number of fused-ring (bicyclic) bond motifs is 16. The van der Waals surface area contributed by atoms with Gasteiger partial charge in [0, 0.05) is 92.5 Å². The van der Waals surface area contributed by atoms with Crippen LogP contribution in [0.4, 0.5) is 11.4 Å². The van der Waals surface area contributed by atoms with Gasteiger partial charge in [-0.15, -0.1) is 0 Å². The molecule has 4 aliphatic heterocycles. The maximum Gasteiger partial charge on any atom is 0.306 e. The number of hydrogen-bond acceptors (Lipinski definition) is 18. The monoisotopic (exact) mass is 1500 g/mol. The van der Waals surface area contributed by atoms with Gasteiger partial charge in [0.2, 0.25) is 0 Å². The minimum absolute atomic E-state index is 0.0142. The van der Waals surface area contributed by atoms with Crippen molar-refractivity contribution in [3.8, 4) is 45.3 Å². The van der Waals surface area contributed by atoms with E-state index >= 15 is 0 Å². The summed E-state index contributed by atoms with van der Waals surface area (Å²) in [5.74, 6) is 0.633. The third-order valence-electron chi connectivity index (χ3n) is 22.5. The zero-order chi connectivity index (χ0) is 76.8. The fourth-order valence-electron chi connectivity index (χ4n) is 16.9. The predicted molar refractivity (Wildman–Crippen MR) is 431 cm³/mol. The van der Waals surface area contributed by atoms with Crippen molar-refractivity contribution in [2.75, 3.05) is 128 Å². The van der Waals surface area contributed by atoms with Crippen LogP contribution in [0.25, 0.3) is 56.0 Å². The molecule has 2 aliphatic carbocycles. The number of anilines is 2. The molecule has 112 heavy (non-hydrogen) atoms. The van der Waals surface area contributed by atoms with E-state index in [1.165, 1.54) is 44.5 Å². The van der Waals surface area contributed by atoms with E-state index in [4.69, 9.17) is 56.8 Å². The largest absolute Gasteiger partial charge is 0.490 e. The minimum Gasteiger partial charge on any atom is -0.490 e. The van der Waals surface area contributed by atoms with Crippen molar-refractivity contribution in [3.63, 3.8) is 0 Å². The average molecular weight is 1510 g/mol. The second-order valence-electron chi connectivity index (χ2n) is 29.9. The van der Waals surface area contributed by atoms with E-state index in [-0.39, 0.29) is 103 Å². The standard InChI is InChI=1S/C94H92N2O16/c1-91(2)79-19-11-9-17-75(79)85-71-13-5-7-15-73(71)89-77(87(85)91)41-43-93(111-89,63-21-29-67(30-22-63)95-45-49-101-50-46-95)65-25-33-69(34-26-65)105-59-61-109-83(99)39-37-81(97)107-57-55-103-53-54-104-56-58-108-82(98)38-40-84(100)110-62-60-106-70-35-27-66(28-36-70)94(64-23-31-68(32-24-64)96-47-51-102-52-48-96)44-42-78-88-86(72-14-6-8-16-74(72)90(78)112-94)76-18-10-12-20-80(76)92(88,3)4/h5-36,41-44H,37-40,45-62H2,1-4H3. The smallest absolute Gasteiger partial charge is 0.306 e. The number of hydrogen-bond donors (Lipinski definition) is 0. The first kappa shape index (κ1) is 74.8. The molecule has 2 atom stereocenters. The normalized spacial score (nSPS) is 17.9. The van der Waals surface area contributed by atoms with Crippen molar-refractivity contribution >= 4 is 68.9 Å². The van der Waals surface area contributed by atoms with Crippen LogP contribution >= 0.6 is 0 Å².